The van der Waals surface area contributed by atoms with Crippen molar-refractivity contribution >= 4 is 66.4 Å². The molecule has 18 heteroatoms. The van der Waals surface area contributed by atoms with Crippen LogP contribution in [-0.2, 0) is 39.4 Å². The van der Waals surface area contributed by atoms with Gasteiger partial charge in [-0.15, -0.1) is 0 Å². The third-order valence-corrected chi connectivity index (χ3v) is 9.14. The molecule has 52 heavy (non-hydrogen) atoms. The van der Waals surface area contributed by atoms with Crippen molar-refractivity contribution in [1.82, 2.24) is 0 Å². The summed E-state index contributed by atoms with van der Waals surface area (Å²) in [5.74, 6) is -3.00. The van der Waals surface area contributed by atoms with Crippen molar-refractivity contribution in [2.45, 2.75) is 49.6 Å². The molecule has 0 aliphatic carbocycles. The van der Waals surface area contributed by atoms with Crippen molar-refractivity contribution in [3.63, 3.8) is 0 Å². The van der Waals surface area contributed by atoms with Crippen LogP contribution in [0.2, 0.25) is 0 Å². The number of rotatable bonds is 13. The molecule has 0 saturated heterocycles. The highest BCUT2D eigenvalue weighted by atomic mass is 32.2. The Bertz CT molecular complexity index is 2170. The fraction of sp³-hybridized carbons (Fsp3) is 0.176. The quantitative estimate of drug-likeness (QED) is 0.0724. The fourth-order valence-electron chi connectivity index (χ4n) is 4.76. The topological polar surface area (TPSA) is 251 Å². The van der Waals surface area contributed by atoms with Crippen molar-refractivity contribution in [3.8, 4) is 11.1 Å². The third kappa shape index (κ3) is 9.69. The number of azo groups is 2. The van der Waals surface area contributed by atoms with Gasteiger partial charge in [0.05, 0.1) is 11.4 Å². The van der Waals surface area contributed by atoms with Crippen LogP contribution in [0, 0.1) is 13.8 Å². The molecule has 4 rings (SSSR count). The minimum Gasteiger partial charge on any atom is -0.324 e. The van der Waals surface area contributed by atoms with Crippen LogP contribution in [0.3, 0.4) is 0 Å². The highest BCUT2D eigenvalue weighted by Crippen LogP contribution is 2.40. The van der Waals surface area contributed by atoms with Crippen LogP contribution in [0.1, 0.15) is 25.0 Å². The number of nitrogens with zero attached hydrogens (tertiary/aromatic N) is 4. The molecule has 0 bridgehead atoms. The van der Waals surface area contributed by atoms with Gasteiger partial charge < -0.3 is 10.6 Å². The van der Waals surface area contributed by atoms with Crippen molar-refractivity contribution in [2.75, 3.05) is 10.6 Å². The van der Waals surface area contributed by atoms with E-state index >= 15 is 0 Å². The molecule has 0 radical (unpaired) electrons. The predicted molar refractivity (Wildman–Crippen MR) is 189 cm³/mol. The SMILES string of the molecule is CC(=O)C(N=Nc1cc(S(=O)(=O)O)c(-c2cc(C)c(N=NC(C(C)=O)C(=O)Nc3ccccc3)cc2S(=O)(=O)O)cc1C)C(=O)Nc1ccccc1. The summed E-state index contributed by atoms with van der Waals surface area (Å²) in [7, 11) is -10.3. The summed E-state index contributed by atoms with van der Waals surface area (Å²) in [5, 5.41) is 20.5. The number of amides is 2. The maximum Gasteiger partial charge on any atom is 0.295 e. The lowest BCUT2D eigenvalue weighted by atomic mass is 9.99. The van der Waals surface area contributed by atoms with Gasteiger partial charge in [0.1, 0.15) is 9.79 Å². The van der Waals surface area contributed by atoms with Crippen molar-refractivity contribution < 1.29 is 45.1 Å². The molecule has 0 aliphatic heterocycles. The number of Topliss-reactive ketones (excluding diaryl/α,β-unsaturated/α-hetero) is 2. The zero-order chi connectivity index (χ0) is 38.4. The zero-order valence-electron chi connectivity index (χ0n) is 28.0. The summed E-state index contributed by atoms with van der Waals surface area (Å²) in [6, 6.07) is 17.2. The molecule has 4 aromatic carbocycles. The van der Waals surface area contributed by atoms with Crippen LogP contribution in [0.25, 0.3) is 11.1 Å². The lowest BCUT2D eigenvalue weighted by Gasteiger charge is -2.15. The van der Waals surface area contributed by atoms with Gasteiger partial charge in [-0.3, -0.25) is 28.3 Å². The summed E-state index contributed by atoms with van der Waals surface area (Å²) < 4.78 is 71.0. The van der Waals surface area contributed by atoms with Crippen molar-refractivity contribution in [1.29, 1.82) is 0 Å². The molecule has 16 nitrogen and oxygen atoms in total. The molecule has 0 heterocycles. The van der Waals surface area contributed by atoms with E-state index in [-0.39, 0.29) is 33.6 Å². The summed E-state index contributed by atoms with van der Waals surface area (Å²) in [6.45, 7) is 5.08. The smallest absolute Gasteiger partial charge is 0.295 e. The van der Waals surface area contributed by atoms with Gasteiger partial charge in [0.25, 0.3) is 32.1 Å². The van der Waals surface area contributed by atoms with Gasteiger partial charge in [0, 0.05) is 22.5 Å². The lowest BCUT2D eigenvalue weighted by molar-refractivity contribution is -0.127. The van der Waals surface area contributed by atoms with Crippen molar-refractivity contribution in [3.05, 3.63) is 96.1 Å². The number of para-hydroxylation sites is 2. The molecule has 2 unspecified atom stereocenters. The second-order valence-corrected chi connectivity index (χ2v) is 14.2. The molecule has 0 fully saturated rings. The van der Waals surface area contributed by atoms with E-state index in [1.165, 1.54) is 13.8 Å². The van der Waals surface area contributed by atoms with Crippen LogP contribution in [-0.4, -0.2) is 61.4 Å². The molecular weight excluding hydrogens is 717 g/mol. The molecule has 0 aromatic heterocycles. The summed E-state index contributed by atoms with van der Waals surface area (Å²) >= 11 is 0. The van der Waals surface area contributed by atoms with E-state index < -0.39 is 65.5 Å². The number of aryl methyl sites for hydroxylation is 2. The Morgan fingerprint density at radius 3 is 1.19 bits per heavy atom. The van der Waals surface area contributed by atoms with Gasteiger partial charge in [0.2, 0.25) is 12.1 Å². The number of anilines is 2. The van der Waals surface area contributed by atoms with Gasteiger partial charge in [-0.05, 0) is 87.4 Å². The Hall–Kier alpha value is -5.82. The molecule has 270 valence electrons. The Labute approximate surface area is 298 Å². The maximum atomic E-state index is 12.8. The second kappa shape index (κ2) is 16.0. The standard InChI is InChI=1S/C34H32N6O10S2/c1-19-15-25(29(51(45,46)47)17-27(19)37-39-31(21(3)41)33(43)35-23-11-7-5-8-12-23)26-16-20(2)28(18-30(26)52(48,49)50)38-40-32(22(4)42)34(44)36-24-13-9-6-10-14-24/h5-18,31-32H,1-4H3,(H,35,43)(H,36,44)(H,45,46,47)(H,48,49,50). The zero-order valence-corrected chi connectivity index (χ0v) is 29.6. The van der Waals surface area contributed by atoms with Gasteiger partial charge in [0.15, 0.2) is 11.6 Å². The molecule has 0 aliphatic rings. The molecule has 0 saturated carbocycles. The number of hydrogen-bond acceptors (Lipinski definition) is 12. The summed E-state index contributed by atoms with van der Waals surface area (Å²) in [6.07, 6.45) is 0. The highest BCUT2D eigenvalue weighted by molar-refractivity contribution is 7.86. The number of ketones is 2. The monoisotopic (exact) mass is 748 g/mol. The first-order valence-electron chi connectivity index (χ1n) is 15.2. The number of carbonyl (C=O) groups excluding carboxylic acids is 4. The van der Waals surface area contributed by atoms with E-state index in [0.717, 1.165) is 38.1 Å². The summed E-state index contributed by atoms with van der Waals surface area (Å²) in [4.78, 5) is 48.4. The van der Waals surface area contributed by atoms with Crippen LogP contribution in [0.15, 0.2) is 115 Å². The molecule has 4 N–H and O–H groups in total. The van der Waals surface area contributed by atoms with Crippen LogP contribution < -0.4 is 10.6 Å². The van der Waals surface area contributed by atoms with E-state index in [2.05, 4.69) is 31.1 Å². The molecular formula is C34H32N6O10S2. The number of nitrogens with one attached hydrogen (secondary N) is 2. The van der Waals surface area contributed by atoms with E-state index in [1.807, 2.05) is 0 Å². The first-order valence-corrected chi connectivity index (χ1v) is 18.0. The minimum atomic E-state index is -5.13. The molecule has 0 spiro atoms. The minimum absolute atomic E-state index is 0.161. The number of benzene rings is 4. The van der Waals surface area contributed by atoms with E-state index in [4.69, 9.17) is 0 Å². The normalized spacial score (nSPS) is 13.1. The van der Waals surface area contributed by atoms with Gasteiger partial charge >= 0.3 is 0 Å². The van der Waals surface area contributed by atoms with Gasteiger partial charge in [-0.1, -0.05) is 36.4 Å². The lowest BCUT2D eigenvalue weighted by Crippen LogP contribution is -2.31. The van der Waals surface area contributed by atoms with Crippen molar-refractivity contribution in [2.24, 2.45) is 20.5 Å². The predicted octanol–water partition coefficient (Wildman–Crippen LogP) is 5.82. The van der Waals surface area contributed by atoms with E-state index in [0.29, 0.717) is 11.4 Å². The van der Waals surface area contributed by atoms with E-state index in [9.17, 15) is 45.1 Å². The Kier molecular flexibility index (Phi) is 12.0. The highest BCUT2D eigenvalue weighted by Gasteiger charge is 2.28. The van der Waals surface area contributed by atoms with Crippen LogP contribution in [0.4, 0.5) is 22.7 Å². The Morgan fingerprint density at radius 1 is 0.577 bits per heavy atom. The average molecular weight is 749 g/mol. The first-order chi connectivity index (χ1) is 24.4. The molecule has 2 atom stereocenters. The second-order valence-electron chi connectivity index (χ2n) is 11.4. The average Bonchev–Trinajstić information content (AvgIpc) is 3.05. The number of hydrogen-bond donors (Lipinski definition) is 4. The largest absolute Gasteiger partial charge is 0.324 e. The fourth-order valence-corrected chi connectivity index (χ4v) is 6.17. The summed E-state index contributed by atoms with van der Waals surface area (Å²) in [5.41, 5.74) is -0.0781. The first kappa shape index (κ1) is 39.0. The molecule has 4 aromatic rings. The van der Waals surface area contributed by atoms with Gasteiger partial charge in [-0.2, -0.15) is 37.3 Å². The maximum absolute atomic E-state index is 12.8. The number of carbonyl (C=O) groups is 4. The van der Waals surface area contributed by atoms with E-state index in [1.54, 1.807) is 60.7 Å². The van der Waals surface area contributed by atoms with Crippen LogP contribution >= 0.6 is 0 Å². The third-order valence-electron chi connectivity index (χ3n) is 7.35. The van der Waals surface area contributed by atoms with Crippen LogP contribution in [0.5, 0.6) is 0 Å². The Balaban J connectivity index is 1.77. The Morgan fingerprint density at radius 2 is 0.904 bits per heavy atom. The molecule has 2 amide bonds. The van der Waals surface area contributed by atoms with Gasteiger partial charge in [-0.25, -0.2) is 0 Å².